The maximum Gasteiger partial charge on any atom is 0.326 e. The predicted octanol–water partition coefficient (Wildman–Crippen LogP) is 3.91. The van der Waals surface area contributed by atoms with Crippen LogP contribution in [0.2, 0.25) is 0 Å². The number of ketones is 1. The number of nitrogens with one attached hydrogen (secondary N) is 1. The van der Waals surface area contributed by atoms with Crippen molar-refractivity contribution in [3.63, 3.8) is 0 Å². The molecule has 2 N–H and O–H groups in total. The van der Waals surface area contributed by atoms with E-state index in [0.29, 0.717) is 22.3 Å². The van der Waals surface area contributed by atoms with Crippen LogP contribution in [0.15, 0.2) is 71.1 Å². The Kier molecular flexibility index (Phi) is 5.21. The molecular formula is C24H16N2O5. The zero-order valence-electron chi connectivity index (χ0n) is 16.2. The van der Waals surface area contributed by atoms with Crippen molar-refractivity contribution in [3.05, 3.63) is 83.4 Å². The third-order valence-electron chi connectivity index (χ3n) is 4.97. The summed E-state index contributed by atoms with van der Waals surface area (Å²) in [6, 6.07) is 18.7. The molecule has 0 aliphatic heterocycles. The van der Waals surface area contributed by atoms with Crippen molar-refractivity contribution in [2.75, 3.05) is 0 Å². The van der Waals surface area contributed by atoms with E-state index in [1.807, 2.05) is 30.3 Å². The number of carboxylic acids is 1. The number of carbonyl (C=O) groups excluding carboxylic acids is 2. The molecule has 0 fully saturated rings. The molecule has 7 nitrogen and oxygen atoms in total. The first-order valence-electron chi connectivity index (χ1n) is 9.44. The van der Waals surface area contributed by atoms with E-state index < -0.39 is 30.1 Å². The second-order valence-electron chi connectivity index (χ2n) is 6.99. The maximum absolute atomic E-state index is 12.8. The van der Waals surface area contributed by atoms with Crippen LogP contribution in [-0.4, -0.2) is 28.8 Å². The van der Waals surface area contributed by atoms with Crippen LogP contribution in [-0.2, 0) is 4.79 Å². The second kappa shape index (κ2) is 8.13. The zero-order valence-corrected chi connectivity index (χ0v) is 16.2. The Bertz CT molecular complexity index is 1360. The van der Waals surface area contributed by atoms with Crippen LogP contribution in [0.25, 0.3) is 21.9 Å². The smallest absolute Gasteiger partial charge is 0.326 e. The number of aliphatic carboxylic acids is 1. The van der Waals surface area contributed by atoms with Crippen LogP contribution in [0.5, 0.6) is 0 Å². The highest BCUT2D eigenvalue weighted by atomic mass is 16.4. The normalized spacial score (nSPS) is 11.7. The van der Waals surface area contributed by atoms with Gasteiger partial charge in [0.05, 0.1) is 11.6 Å². The fourth-order valence-corrected chi connectivity index (χ4v) is 3.34. The van der Waals surface area contributed by atoms with E-state index in [-0.39, 0.29) is 5.56 Å². The van der Waals surface area contributed by atoms with E-state index in [1.165, 1.54) is 24.3 Å². The van der Waals surface area contributed by atoms with Crippen LogP contribution in [0.3, 0.4) is 0 Å². The summed E-state index contributed by atoms with van der Waals surface area (Å²) in [7, 11) is 0. The molecule has 1 heterocycles. The van der Waals surface area contributed by atoms with Crippen LogP contribution >= 0.6 is 0 Å². The van der Waals surface area contributed by atoms with Crippen molar-refractivity contribution >= 4 is 39.6 Å². The lowest BCUT2D eigenvalue weighted by Gasteiger charge is -2.14. The monoisotopic (exact) mass is 412 g/mol. The van der Waals surface area contributed by atoms with Crippen LogP contribution in [0, 0.1) is 11.3 Å². The van der Waals surface area contributed by atoms with Gasteiger partial charge in [0.2, 0.25) is 0 Å². The average Bonchev–Trinajstić information content (AvgIpc) is 3.16. The van der Waals surface area contributed by atoms with Gasteiger partial charge in [-0.2, -0.15) is 5.26 Å². The van der Waals surface area contributed by atoms with E-state index in [9.17, 15) is 19.5 Å². The van der Waals surface area contributed by atoms with Gasteiger partial charge in [-0.25, -0.2) is 4.79 Å². The summed E-state index contributed by atoms with van der Waals surface area (Å²) < 4.78 is 5.74. The van der Waals surface area contributed by atoms with E-state index >= 15 is 0 Å². The molecule has 4 rings (SSSR count). The molecule has 4 aromatic rings. The summed E-state index contributed by atoms with van der Waals surface area (Å²) >= 11 is 0. The lowest BCUT2D eigenvalue weighted by Crippen LogP contribution is -2.42. The van der Waals surface area contributed by atoms with Crippen molar-refractivity contribution in [3.8, 4) is 6.07 Å². The van der Waals surface area contributed by atoms with Gasteiger partial charge in [0.1, 0.15) is 17.2 Å². The molecule has 0 aliphatic carbocycles. The number of nitriles is 1. The third kappa shape index (κ3) is 4.00. The first kappa shape index (κ1) is 19.9. The molecule has 0 bridgehead atoms. The number of carboxylic acid groups (broad SMARTS) is 1. The maximum atomic E-state index is 12.8. The Hall–Kier alpha value is -4.44. The number of hydrogen-bond acceptors (Lipinski definition) is 5. The molecule has 1 atom stereocenters. The zero-order chi connectivity index (χ0) is 22.0. The number of nitrogens with zero attached hydrogens (tertiary/aromatic N) is 1. The fraction of sp³-hybridized carbons (Fsp3) is 0.0833. The molecule has 1 unspecified atom stereocenters. The van der Waals surface area contributed by atoms with Crippen LogP contribution in [0.1, 0.15) is 32.7 Å². The minimum atomic E-state index is -1.40. The molecule has 31 heavy (non-hydrogen) atoms. The second-order valence-corrected chi connectivity index (χ2v) is 6.99. The van der Waals surface area contributed by atoms with Gasteiger partial charge in [-0.05, 0) is 48.5 Å². The first-order valence-corrected chi connectivity index (χ1v) is 9.44. The number of hydrogen-bond donors (Lipinski definition) is 2. The Balaban J connectivity index is 1.54. The van der Waals surface area contributed by atoms with Crippen molar-refractivity contribution in [1.29, 1.82) is 5.26 Å². The number of furan rings is 1. The minimum Gasteiger partial charge on any atom is -0.480 e. The number of Topliss-reactive ketones (excluding diaryl/α,β-unsaturated/α-hetero) is 1. The molecule has 0 aliphatic rings. The Labute approximate surface area is 176 Å². The molecule has 152 valence electrons. The summed E-state index contributed by atoms with van der Waals surface area (Å²) in [6.07, 6.45) is -0.404. The van der Waals surface area contributed by atoms with E-state index in [0.717, 1.165) is 10.8 Å². The molecule has 1 amide bonds. The minimum absolute atomic E-state index is 0.198. The third-order valence-corrected chi connectivity index (χ3v) is 4.97. The Morgan fingerprint density at radius 1 is 0.935 bits per heavy atom. The highest BCUT2D eigenvalue weighted by Crippen LogP contribution is 2.29. The number of para-hydroxylation sites is 1. The molecule has 7 heteroatoms. The largest absolute Gasteiger partial charge is 0.480 e. The molecule has 3 aromatic carbocycles. The van der Waals surface area contributed by atoms with Gasteiger partial charge in [0.25, 0.3) is 5.91 Å². The number of carbonyl (C=O) groups is 3. The summed E-state index contributed by atoms with van der Waals surface area (Å²) in [6.45, 7) is 0. The SMILES string of the molecule is N#Cc1ccc(C(=O)NC(CC(=O)c2ccc3oc4ccccc4c3c2)C(=O)O)cc1. The van der Waals surface area contributed by atoms with Gasteiger partial charge in [-0.15, -0.1) is 0 Å². The van der Waals surface area contributed by atoms with Crippen molar-refractivity contribution in [2.45, 2.75) is 12.5 Å². The van der Waals surface area contributed by atoms with Crippen molar-refractivity contribution in [1.82, 2.24) is 5.32 Å². The average molecular weight is 412 g/mol. The molecule has 0 saturated heterocycles. The van der Waals surface area contributed by atoms with Crippen molar-refractivity contribution < 1.29 is 23.9 Å². The van der Waals surface area contributed by atoms with Crippen LogP contribution < -0.4 is 5.32 Å². The summed E-state index contributed by atoms with van der Waals surface area (Å²) in [4.78, 5) is 36.8. The molecule has 0 radical (unpaired) electrons. The summed E-state index contributed by atoms with van der Waals surface area (Å²) in [5, 5.41) is 22.3. The molecular weight excluding hydrogens is 396 g/mol. The lowest BCUT2D eigenvalue weighted by molar-refractivity contribution is -0.139. The van der Waals surface area contributed by atoms with Gasteiger partial charge in [-0.3, -0.25) is 9.59 Å². The van der Waals surface area contributed by atoms with Crippen LogP contribution in [0.4, 0.5) is 0 Å². The van der Waals surface area contributed by atoms with E-state index in [1.54, 1.807) is 18.2 Å². The summed E-state index contributed by atoms with van der Waals surface area (Å²) in [5.74, 6) is -2.37. The molecule has 0 saturated carbocycles. The topological polar surface area (TPSA) is 120 Å². The highest BCUT2D eigenvalue weighted by molar-refractivity contribution is 6.09. The fourth-order valence-electron chi connectivity index (χ4n) is 3.34. The van der Waals surface area contributed by atoms with Gasteiger partial charge < -0.3 is 14.8 Å². The predicted molar refractivity (Wildman–Crippen MR) is 113 cm³/mol. The highest BCUT2D eigenvalue weighted by Gasteiger charge is 2.25. The standard InChI is InChI=1S/C24H16N2O5/c25-13-14-5-7-15(8-6-14)23(28)26-19(24(29)30)12-20(27)16-9-10-22-18(11-16)17-3-1-2-4-21(17)31-22/h1-11,19H,12H2,(H,26,28)(H,29,30). The van der Waals surface area contributed by atoms with E-state index in [4.69, 9.17) is 9.68 Å². The first-order chi connectivity index (χ1) is 15.0. The van der Waals surface area contributed by atoms with Gasteiger partial charge in [0, 0.05) is 28.3 Å². The Morgan fingerprint density at radius 3 is 2.32 bits per heavy atom. The van der Waals surface area contributed by atoms with Gasteiger partial charge in [-0.1, -0.05) is 18.2 Å². The number of rotatable bonds is 6. The lowest BCUT2D eigenvalue weighted by atomic mass is 10.0. The quantitative estimate of drug-likeness (QED) is 0.463. The van der Waals surface area contributed by atoms with Gasteiger partial charge in [0.15, 0.2) is 5.78 Å². The van der Waals surface area contributed by atoms with E-state index in [2.05, 4.69) is 5.32 Å². The number of fused-ring (bicyclic) bond motifs is 3. The number of benzene rings is 3. The molecule has 1 aromatic heterocycles. The van der Waals surface area contributed by atoms with Crippen molar-refractivity contribution in [2.24, 2.45) is 0 Å². The molecule has 0 spiro atoms. The summed E-state index contributed by atoms with van der Waals surface area (Å²) in [5.41, 5.74) is 2.23. The van der Waals surface area contributed by atoms with Gasteiger partial charge >= 0.3 is 5.97 Å². The number of amides is 1. The Morgan fingerprint density at radius 2 is 1.61 bits per heavy atom.